The Morgan fingerprint density at radius 3 is 2.50 bits per heavy atom. The van der Waals surface area contributed by atoms with Crippen molar-refractivity contribution < 1.29 is 19.8 Å². The summed E-state index contributed by atoms with van der Waals surface area (Å²) in [6.45, 7) is 13.0. The second-order valence-corrected chi connectivity index (χ2v) is 11.6. The maximum atomic E-state index is 13.2. The van der Waals surface area contributed by atoms with Crippen LogP contribution in [0.15, 0.2) is 22.6 Å². The quantitative estimate of drug-likeness (QED) is 0.515. The van der Waals surface area contributed by atoms with Gasteiger partial charge in [0.05, 0.1) is 40.8 Å². The van der Waals surface area contributed by atoms with E-state index in [1.165, 1.54) is 5.57 Å². The second kappa shape index (κ2) is 12.2. The van der Waals surface area contributed by atoms with Gasteiger partial charge in [0.25, 0.3) is 0 Å². The molecule has 1 aliphatic rings. The Kier molecular flexibility index (Phi) is 10.2. The van der Waals surface area contributed by atoms with Crippen molar-refractivity contribution in [3.05, 3.63) is 33.3 Å². The van der Waals surface area contributed by atoms with Crippen molar-refractivity contribution in [1.29, 1.82) is 0 Å². The van der Waals surface area contributed by atoms with Crippen molar-refractivity contribution in [2.45, 2.75) is 98.8 Å². The summed E-state index contributed by atoms with van der Waals surface area (Å²) < 4.78 is 0. The molecule has 1 aromatic heterocycles. The minimum Gasteiger partial charge on any atom is -0.392 e. The molecule has 0 saturated heterocycles. The molecule has 1 aromatic rings. The van der Waals surface area contributed by atoms with Crippen molar-refractivity contribution in [3.8, 4) is 0 Å². The number of rotatable bonds is 2. The number of amides is 1. The number of carbonyl (C=O) groups is 2. The molecular weight excluding hydrogens is 448 g/mol. The van der Waals surface area contributed by atoms with Crippen molar-refractivity contribution in [2.24, 2.45) is 17.3 Å². The molecule has 0 aliphatic carbocycles. The number of hydrogen-bond acceptors (Lipinski definition) is 6. The van der Waals surface area contributed by atoms with Gasteiger partial charge in [0.1, 0.15) is 5.78 Å². The van der Waals surface area contributed by atoms with E-state index in [2.05, 4.69) is 23.3 Å². The summed E-state index contributed by atoms with van der Waals surface area (Å²) in [4.78, 5) is 30.6. The molecule has 7 heteroatoms. The fraction of sp³-hybridized carbons (Fsp3) is 0.667. The van der Waals surface area contributed by atoms with E-state index >= 15 is 0 Å². The summed E-state index contributed by atoms with van der Waals surface area (Å²) in [6, 6.07) is -0.232. The lowest BCUT2D eigenvalue weighted by molar-refractivity contribution is -0.143. The van der Waals surface area contributed by atoms with E-state index in [-0.39, 0.29) is 30.1 Å². The second-order valence-electron chi connectivity index (χ2n) is 10.5. The van der Waals surface area contributed by atoms with E-state index in [9.17, 15) is 19.8 Å². The van der Waals surface area contributed by atoms with Gasteiger partial charge < -0.3 is 15.5 Å². The molecule has 0 unspecified atom stereocenters. The number of thiazole rings is 1. The van der Waals surface area contributed by atoms with Crippen molar-refractivity contribution in [3.63, 3.8) is 0 Å². The lowest BCUT2D eigenvalue weighted by atomic mass is 9.73. The number of allylic oxidation sites excluding steroid dienone is 1. The minimum absolute atomic E-state index is 0.0312. The van der Waals surface area contributed by atoms with Gasteiger partial charge in [-0.2, -0.15) is 0 Å². The average molecular weight is 491 g/mol. The predicted molar refractivity (Wildman–Crippen MR) is 138 cm³/mol. The first-order valence-corrected chi connectivity index (χ1v) is 13.2. The molecular formula is C27H42N2O4S. The molecule has 3 N–H and O–H groups in total. The summed E-state index contributed by atoms with van der Waals surface area (Å²) in [5.41, 5.74) is 1.89. The van der Waals surface area contributed by atoms with E-state index < -0.39 is 23.5 Å². The van der Waals surface area contributed by atoms with Gasteiger partial charge in [-0.25, -0.2) is 4.98 Å². The van der Waals surface area contributed by atoms with Gasteiger partial charge >= 0.3 is 0 Å². The molecule has 0 bridgehead atoms. The van der Waals surface area contributed by atoms with Gasteiger partial charge in [-0.3, -0.25) is 9.59 Å². The molecule has 1 amide bonds. The Morgan fingerprint density at radius 2 is 1.88 bits per heavy atom. The molecule has 190 valence electrons. The first kappa shape index (κ1) is 28.4. The number of carbonyl (C=O) groups excluding carboxylic acids is 2. The van der Waals surface area contributed by atoms with Crippen LogP contribution in [0.1, 0.15) is 84.3 Å². The molecule has 0 fully saturated rings. The molecule has 2 rings (SSSR count). The highest BCUT2D eigenvalue weighted by Gasteiger charge is 2.42. The fourth-order valence-corrected chi connectivity index (χ4v) is 5.12. The zero-order valence-corrected chi connectivity index (χ0v) is 22.5. The molecule has 5 atom stereocenters. The normalized spacial score (nSPS) is 30.6. The average Bonchev–Trinajstić information content (AvgIpc) is 3.17. The lowest BCUT2D eigenvalue weighted by Gasteiger charge is -2.34. The Hall–Kier alpha value is -1.83. The summed E-state index contributed by atoms with van der Waals surface area (Å²) in [6.07, 6.45) is 5.33. The van der Waals surface area contributed by atoms with Crippen LogP contribution < -0.4 is 5.32 Å². The van der Waals surface area contributed by atoms with Crippen LogP contribution in [0.25, 0.3) is 6.08 Å². The Bertz CT molecular complexity index is 917. The van der Waals surface area contributed by atoms with E-state index in [0.717, 1.165) is 35.5 Å². The van der Waals surface area contributed by atoms with Gasteiger partial charge in [0.15, 0.2) is 0 Å². The molecule has 0 aromatic carbocycles. The first-order chi connectivity index (χ1) is 15.8. The summed E-state index contributed by atoms with van der Waals surface area (Å²) in [7, 11) is 0. The maximum Gasteiger partial charge on any atom is 0.223 e. The number of hydrogen-bond donors (Lipinski definition) is 3. The Balaban J connectivity index is 2.33. The van der Waals surface area contributed by atoms with Gasteiger partial charge in [-0.1, -0.05) is 39.3 Å². The third-order valence-corrected chi connectivity index (χ3v) is 7.93. The number of aryl methyl sites for hydroxylation is 1. The van der Waals surface area contributed by atoms with Crippen molar-refractivity contribution in [1.82, 2.24) is 10.3 Å². The molecule has 34 heavy (non-hydrogen) atoms. The third-order valence-electron chi connectivity index (χ3n) is 7.14. The molecule has 0 saturated carbocycles. The number of Topliss-reactive ketones (excluding diaryl/α,β-unsaturated/α-hetero) is 1. The van der Waals surface area contributed by atoms with E-state index in [1.807, 2.05) is 32.2 Å². The standard InChI is InChI=1S/C27H42N2O4S/c1-16-10-8-9-11-17(2)25(32)19(4)26(33)27(6,7)23(30)14-24(31)29-22(12-16)18(3)13-21-15-34-20(5)28-21/h10,13,15,17,19,22-23,25,30,32H,8-9,11-12,14H2,1-7H3,(H,29,31)/t17-,19+,22-,23-,25-/m0/s1. The van der Waals surface area contributed by atoms with Crippen LogP contribution in [0.5, 0.6) is 0 Å². The van der Waals surface area contributed by atoms with Crippen LogP contribution in [0.4, 0.5) is 0 Å². The Labute approximate surface area is 208 Å². The molecule has 1 aliphatic heterocycles. The molecule has 2 heterocycles. The number of ketones is 1. The number of nitrogens with zero attached hydrogens (tertiary/aromatic N) is 1. The van der Waals surface area contributed by atoms with Gasteiger partial charge in [-0.15, -0.1) is 11.3 Å². The van der Waals surface area contributed by atoms with Gasteiger partial charge in [0, 0.05) is 11.3 Å². The topological polar surface area (TPSA) is 99.5 Å². The van der Waals surface area contributed by atoms with Crippen LogP contribution in [0.3, 0.4) is 0 Å². The van der Waals surface area contributed by atoms with Crippen molar-refractivity contribution >= 4 is 29.1 Å². The zero-order chi connectivity index (χ0) is 25.6. The minimum atomic E-state index is -1.15. The fourth-order valence-electron chi connectivity index (χ4n) is 4.55. The highest BCUT2D eigenvalue weighted by Crippen LogP contribution is 2.32. The predicted octanol–water partition coefficient (Wildman–Crippen LogP) is 4.84. The van der Waals surface area contributed by atoms with E-state index in [1.54, 1.807) is 32.1 Å². The third kappa shape index (κ3) is 7.59. The van der Waals surface area contributed by atoms with Gasteiger partial charge in [0.2, 0.25) is 5.91 Å². The highest BCUT2D eigenvalue weighted by atomic mass is 32.1. The van der Waals surface area contributed by atoms with Crippen LogP contribution in [0.2, 0.25) is 0 Å². The Morgan fingerprint density at radius 1 is 1.21 bits per heavy atom. The molecule has 0 spiro atoms. The van der Waals surface area contributed by atoms with Crippen LogP contribution in [-0.2, 0) is 9.59 Å². The zero-order valence-electron chi connectivity index (χ0n) is 21.7. The van der Waals surface area contributed by atoms with Crippen LogP contribution >= 0.6 is 11.3 Å². The van der Waals surface area contributed by atoms with Gasteiger partial charge in [-0.05, 0) is 64.0 Å². The lowest BCUT2D eigenvalue weighted by Crippen LogP contribution is -2.47. The molecule has 6 nitrogen and oxygen atoms in total. The summed E-state index contributed by atoms with van der Waals surface area (Å²) in [5.74, 6) is -1.17. The van der Waals surface area contributed by atoms with E-state index in [0.29, 0.717) is 6.42 Å². The number of aromatic nitrogens is 1. The van der Waals surface area contributed by atoms with Crippen LogP contribution in [0, 0.1) is 24.2 Å². The monoisotopic (exact) mass is 490 g/mol. The molecule has 0 radical (unpaired) electrons. The van der Waals surface area contributed by atoms with E-state index in [4.69, 9.17) is 0 Å². The maximum absolute atomic E-state index is 13.2. The summed E-state index contributed by atoms with van der Waals surface area (Å²) >= 11 is 1.58. The number of nitrogens with one attached hydrogen (secondary N) is 1. The summed E-state index contributed by atoms with van der Waals surface area (Å²) in [5, 5.41) is 27.7. The van der Waals surface area contributed by atoms with Crippen LogP contribution in [-0.4, -0.2) is 45.1 Å². The largest absolute Gasteiger partial charge is 0.392 e. The highest BCUT2D eigenvalue weighted by molar-refractivity contribution is 7.09. The SMILES string of the molecule is CC1=CCCC[C@H](C)[C@H](O)[C@@H](C)C(=O)C(C)(C)[C@@H](O)CC(=O)N[C@H](C(C)=Cc2csc(C)n2)C1. The van der Waals surface area contributed by atoms with Crippen molar-refractivity contribution in [2.75, 3.05) is 0 Å². The number of aliphatic hydroxyl groups is 2. The number of aliphatic hydroxyl groups excluding tert-OH is 2. The smallest absolute Gasteiger partial charge is 0.223 e. The first-order valence-electron chi connectivity index (χ1n) is 12.3.